The summed E-state index contributed by atoms with van der Waals surface area (Å²) in [5.41, 5.74) is 0.379. The van der Waals surface area contributed by atoms with Gasteiger partial charge in [-0.25, -0.2) is 13.6 Å². The zero-order chi connectivity index (χ0) is 21.1. The minimum absolute atomic E-state index is 0.0553. The molecule has 3 aromatic rings. The molecule has 0 saturated heterocycles. The molecule has 0 unspecified atom stereocenters. The summed E-state index contributed by atoms with van der Waals surface area (Å²) in [5.74, 6) is -4.16. The fourth-order valence-electron chi connectivity index (χ4n) is 2.43. The Morgan fingerprint density at radius 1 is 1.07 bits per heavy atom. The van der Waals surface area contributed by atoms with Gasteiger partial charge < -0.3 is 14.6 Å². The second-order valence-corrected chi connectivity index (χ2v) is 6.10. The van der Waals surface area contributed by atoms with Crippen molar-refractivity contribution in [3.8, 4) is 29.3 Å². The van der Waals surface area contributed by atoms with E-state index in [2.05, 4.69) is 4.98 Å². The second kappa shape index (κ2) is 7.94. The molecule has 1 N–H and O–H groups in total. The molecule has 1 heterocycles. The van der Waals surface area contributed by atoms with Crippen LogP contribution in [0.2, 0.25) is 0 Å². The lowest BCUT2D eigenvalue weighted by Crippen LogP contribution is -2.04. The molecule has 0 radical (unpaired) electrons. The zero-order valence-electron chi connectivity index (χ0n) is 15.4. The summed E-state index contributed by atoms with van der Waals surface area (Å²) in [6.07, 6.45) is 0. The number of carboxylic acids is 1. The molecule has 0 aliphatic rings. The van der Waals surface area contributed by atoms with E-state index < -0.39 is 29.4 Å². The van der Waals surface area contributed by atoms with E-state index in [4.69, 9.17) is 19.8 Å². The van der Waals surface area contributed by atoms with Gasteiger partial charge in [0.05, 0.1) is 17.2 Å². The van der Waals surface area contributed by atoms with Gasteiger partial charge in [0.25, 0.3) is 11.8 Å². The highest BCUT2D eigenvalue weighted by Crippen LogP contribution is 2.34. The Labute approximate surface area is 164 Å². The van der Waals surface area contributed by atoms with Crippen molar-refractivity contribution >= 4 is 5.97 Å². The minimum atomic E-state index is -1.18. The largest absolute Gasteiger partial charge is 0.478 e. The maximum absolute atomic E-state index is 14.5. The van der Waals surface area contributed by atoms with Crippen LogP contribution in [0, 0.1) is 36.8 Å². The van der Waals surface area contributed by atoms with Crippen LogP contribution < -0.4 is 9.47 Å². The van der Waals surface area contributed by atoms with E-state index in [1.54, 1.807) is 19.1 Å². The number of aromatic nitrogens is 1. The van der Waals surface area contributed by atoms with Crippen LogP contribution in [0.3, 0.4) is 0 Å². The number of halogens is 2. The van der Waals surface area contributed by atoms with Crippen molar-refractivity contribution < 1.29 is 28.2 Å². The lowest BCUT2D eigenvalue weighted by atomic mass is 10.1. The fraction of sp³-hybridized carbons (Fsp3) is 0.0952. The van der Waals surface area contributed by atoms with Gasteiger partial charge in [-0.2, -0.15) is 10.2 Å². The van der Waals surface area contributed by atoms with Gasteiger partial charge in [0.15, 0.2) is 11.6 Å². The summed E-state index contributed by atoms with van der Waals surface area (Å²) in [6, 6.07) is 12.0. The first-order valence-electron chi connectivity index (χ1n) is 8.35. The molecular weight excluding hydrogens is 382 g/mol. The quantitative estimate of drug-likeness (QED) is 0.643. The van der Waals surface area contributed by atoms with Gasteiger partial charge in [-0.15, -0.1) is 0 Å². The number of nitrogens with zero attached hydrogens (tertiary/aromatic N) is 2. The van der Waals surface area contributed by atoms with E-state index in [-0.39, 0.29) is 22.6 Å². The van der Waals surface area contributed by atoms with Crippen molar-refractivity contribution in [1.29, 1.82) is 5.26 Å². The Hall–Kier alpha value is -3.99. The standard InChI is InChI=1S/C21H14F2N2O4/c1-11-6-7-14(21(26)27)9-16(11)29-20-18(23)12(2)17(22)19(25-20)28-15-5-3-4-13(8-15)10-24/h3-9H,1-2H3,(H,26,27). The Morgan fingerprint density at radius 2 is 1.76 bits per heavy atom. The minimum Gasteiger partial charge on any atom is -0.478 e. The van der Waals surface area contributed by atoms with Crippen molar-refractivity contribution in [2.75, 3.05) is 0 Å². The van der Waals surface area contributed by atoms with E-state index in [0.29, 0.717) is 11.1 Å². The maximum atomic E-state index is 14.5. The highest BCUT2D eigenvalue weighted by atomic mass is 19.1. The molecule has 0 fully saturated rings. The number of rotatable bonds is 5. The first-order valence-corrected chi connectivity index (χ1v) is 8.35. The Kier molecular flexibility index (Phi) is 5.41. The van der Waals surface area contributed by atoms with Crippen LogP contribution >= 0.6 is 0 Å². The molecular formula is C21H14F2N2O4. The highest BCUT2D eigenvalue weighted by Gasteiger charge is 2.21. The monoisotopic (exact) mass is 396 g/mol. The SMILES string of the molecule is Cc1ccc(C(=O)O)cc1Oc1nc(Oc2cccc(C#N)c2)c(F)c(C)c1F. The van der Waals surface area contributed by atoms with Crippen LogP contribution in [0.25, 0.3) is 0 Å². The Bertz CT molecular complexity index is 1160. The molecule has 29 heavy (non-hydrogen) atoms. The molecule has 0 aliphatic carbocycles. The van der Waals surface area contributed by atoms with Crippen molar-refractivity contribution in [3.05, 3.63) is 76.4 Å². The molecule has 0 amide bonds. The number of aromatic carboxylic acids is 1. The van der Waals surface area contributed by atoms with Crippen LogP contribution in [0.4, 0.5) is 8.78 Å². The van der Waals surface area contributed by atoms with Gasteiger partial charge >= 0.3 is 5.97 Å². The van der Waals surface area contributed by atoms with Gasteiger partial charge in [0, 0.05) is 5.56 Å². The van der Waals surface area contributed by atoms with Crippen LogP contribution in [0.5, 0.6) is 23.3 Å². The number of ether oxygens (including phenoxy) is 2. The number of hydrogen-bond acceptors (Lipinski definition) is 5. The van der Waals surface area contributed by atoms with Crippen molar-refractivity contribution in [2.24, 2.45) is 0 Å². The highest BCUT2D eigenvalue weighted by molar-refractivity contribution is 5.88. The molecule has 2 aromatic carbocycles. The topological polar surface area (TPSA) is 92.4 Å². The van der Waals surface area contributed by atoms with Gasteiger partial charge in [-0.3, -0.25) is 0 Å². The van der Waals surface area contributed by atoms with Gasteiger partial charge in [-0.05, 0) is 49.7 Å². The molecule has 0 spiro atoms. The van der Waals surface area contributed by atoms with E-state index in [1.807, 2.05) is 6.07 Å². The van der Waals surface area contributed by atoms with Crippen molar-refractivity contribution in [3.63, 3.8) is 0 Å². The summed E-state index contributed by atoms with van der Waals surface area (Å²) in [7, 11) is 0. The van der Waals surface area contributed by atoms with Crippen LogP contribution in [0.15, 0.2) is 42.5 Å². The third-order valence-corrected chi connectivity index (χ3v) is 4.06. The maximum Gasteiger partial charge on any atom is 0.335 e. The first kappa shape index (κ1) is 19.8. The van der Waals surface area contributed by atoms with E-state index in [9.17, 15) is 13.6 Å². The lowest BCUT2D eigenvalue weighted by molar-refractivity contribution is 0.0696. The number of benzene rings is 2. The fourth-order valence-corrected chi connectivity index (χ4v) is 2.43. The Balaban J connectivity index is 2.01. The number of aryl methyl sites for hydroxylation is 1. The Morgan fingerprint density at radius 3 is 2.41 bits per heavy atom. The smallest absolute Gasteiger partial charge is 0.335 e. The average Bonchev–Trinajstić information content (AvgIpc) is 2.71. The van der Waals surface area contributed by atoms with Gasteiger partial charge in [0.1, 0.15) is 11.5 Å². The van der Waals surface area contributed by atoms with Crippen molar-refractivity contribution in [1.82, 2.24) is 4.98 Å². The summed E-state index contributed by atoms with van der Waals surface area (Å²) >= 11 is 0. The number of carboxylic acid groups (broad SMARTS) is 1. The predicted molar refractivity (Wildman–Crippen MR) is 98.3 cm³/mol. The number of pyridine rings is 1. The third kappa shape index (κ3) is 4.14. The number of hydrogen-bond donors (Lipinski definition) is 1. The van der Waals surface area contributed by atoms with Gasteiger partial charge in [-0.1, -0.05) is 12.1 Å². The summed E-state index contributed by atoms with van der Waals surface area (Å²) < 4.78 is 39.8. The molecule has 0 saturated carbocycles. The predicted octanol–water partition coefficient (Wildman–Crippen LogP) is 5.13. The van der Waals surface area contributed by atoms with Crippen molar-refractivity contribution in [2.45, 2.75) is 13.8 Å². The lowest BCUT2D eigenvalue weighted by Gasteiger charge is -2.13. The van der Waals surface area contributed by atoms with Crippen LogP contribution in [-0.4, -0.2) is 16.1 Å². The summed E-state index contributed by atoms with van der Waals surface area (Å²) in [5, 5.41) is 18.1. The number of nitriles is 1. The average molecular weight is 396 g/mol. The number of carbonyl (C=O) groups is 1. The van der Waals surface area contributed by atoms with E-state index in [1.165, 1.54) is 37.3 Å². The third-order valence-electron chi connectivity index (χ3n) is 4.06. The normalized spacial score (nSPS) is 10.3. The van der Waals surface area contributed by atoms with Gasteiger partial charge in [0.2, 0.25) is 0 Å². The second-order valence-electron chi connectivity index (χ2n) is 6.10. The van der Waals surface area contributed by atoms with Crippen LogP contribution in [0.1, 0.15) is 27.0 Å². The molecule has 0 atom stereocenters. The van der Waals surface area contributed by atoms with E-state index >= 15 is 0 Å². The molecule has 146 valence electrons. The first-order chi connectivity index (χ1) is 13.8. The summed E-state index contributed by atoms with van der Waals surface area (Å²) in [4.78, 5) is 14.9. The zero-order valence-corrected chi connectivity index (χ0v) is 15.4. The van der Waals surface area contributed by atoms with Crippen LogP contribution in [-0.2, 0) is 0 Å². The molecule has 0 aliphatic heterocycles. The molecule has 6 nitrogen and oxygen atoms in total. The summed E-state index contributed by atoms with van der Waals surface area (Å²) in [6.45, 7) is 2.83. The molecule has 1 aromatic heterocycles. The molecule has 3 rings (SSSR count). The van der Waals surface area contributed by atoms with E-state index in [0.717, 1.165) is 0 Å². The molecule has 8 heteroatoms. The molecule has 0 bridgehead atoms.